The molecular weight excluding hydrogens is 684 g/mol. The Balaban J connectivity index is 0.000000180. The number of carbonyl (C=O) groups is 7. The van der Waals surface area contributed by atoms with Gasteiger partial charge in [-0.15, -0.1) is 0 Å². The van der Waals surface area contributed by atoms with Crippen LogP contribution in [0, 0.1) is 19.8 Å². The first-order valence-corrected chi connectivity index (χ1v) is 17.8. The molecule has 0 radical (unpaired) electrons. The highest BCUT2D eigenvalue weighted by Gasteiger charge is 2.31. The molecule has 3 aliphatic rings. The predicted molar refractivity (Wildman–Crippen MR) is 186 cm³/mol. The molecule has 0 unspecified atom stereocenters. The summed E-state index contributed by atoms with van der Waals surface area (Å²) in [6.45, 7) is 4.98. The van der Waals surface area contributed by atoms with Gasteiger partial charge in [0.2, 0.25) is 0 Å². The van der Waals surface area contributed by atoms with E-state index in [2.05, 4.69) is 0 Å². The summed E-state index contributed by atoms with van der Waals surface area (Å²) >= 11 is 7.41. The van der Waals surface area contributed by atoms with Crippen molar-refractivity contribution in [3.05, 3.63) is 69.3 Å². The van der Waals surface area contributed by atoms with E-state index >= 15 is 0 Å². The Labute approximate surface area is 299 Å². The minimum absolute atomic E-state index is 0.0472. The Morgan fingerprint density at radius 1 is 0.780 bits per heavy atom. The van der Waals surface area contributed by atoms with Crippen LogP contribution < -0.4 is 0 Å². The van der Waals surface area contributed by atoms with Gasteiger partial charge in [-0.2, -0.15) is 0 Å². The molecule has 1 fully saturated rings. The van der Waals surface area contributed by atoms with Gasteiger partial charge in [0.25, 0.3) is 0 Å². The van der Waals surface area contributed by atoms with Gasteiger partial charge in [0.15, 0.2) is 11.6 Å². The maximum atomic E-state index is 12.4. The molecule has 0 bridgehead atoms. The quantitative estimate of drug-likeness (QED) is 0.244. The van der Waals surface area contributed by atoms with Crippen LogP contribution in [-0.2, 0) is 49.9 Å². The van der Waals surface area contributed by atoms with Crippen molar-refractivity contribution < 1.29 is 43.8 Å². The van der Waals surface area contributed by atoms with E-state index in [9.17, 15) is 33.6 Å². The number of nitrogens with zero attached hydrogens (tertiary/aromatic N) is 2. The van der Waals surface area contributed by atoms with Gasteiger partial charge in [0, 0.05) is 75.3 Å². The van der Waals surface area contributed by atoms with E-state index < -0.39 is 17.9 Å². The zero-order chi connectivity index (χ0) is 36.7. The summed E-state index contributed by atoms with van der Waals surface area (Å²) in [6.07, 6.45) is 5.96. The van der Waals surface area contributed by atoms with E-state index in [1.807, 2.05) is 38.1 Å². The largest absolute Gasteiger partial charge is 0.480 e. The molecule has 1 aromatic carbocycles. The molecule has 0 spiro atoms. The second-order valence-corrected chi connectivity index (χ2v) is 14.2. The van der Waals surface area contributed by atoms with Crippen molar-refractivity contribution in [2.24, 2.45) is 5.92 Å². The molecule has 3 aromatic rings. The van der Waals surface area contributed by atoms with Gasteiger partial charge in [-0.25, -0.2) is 0 Å². The fourth-order valence-corrected chi connectivity index (χ4v) is 7.81. The van der Waals surface area contributed by atoms with Crippen LogP contribution in [0.25, 0.3) is 0 Å². The number of ketones is 5. The van der Waals surface area contributed by atoms with E-state index in [1.54, 1.807) is 15.2 Å². The second kappa shape index (κ2) is 17.1. The van der Waals surface area contributed by atoms with E-state index in [0.717, 1.165) is 63.8 Å². The lowest BCUT2D eigenvalue weighted by Gasteiger charge is -2.17. The summed E-state index contributed by atoms with van der Waals surface area (Å²) < 4.78 is 3.50. The molecule has 0 amide bonds. The lowest BCUT2D eigenvalue weighted by Crippen LogP contribution is -2.30. The highest BCUT2D eigenvalue weighted by Crippen LogP contribution is 2.40. The third kappa shape index (κ3) is 9.48. The van der Waals surface area contributed by atoms with Gasteiger partial charge in [-0.05, 0) is 83.2 Å². The minimum atomic E-state index is -0.896. The summed E-state index contributed by atoms with van der Waals surface area (Å²) in [5.41, 5.74) is 4.88. The number of aromatic nitrogens is 2. The number of fused-ring (bicyclic) bond motifs is 2. The molecule has 3 aliphatic carbocycles. The molecule has 2 aromatic heterocycles. The number of hydrogen-bond acceptors (Lipinski definition) is 8. The molecule has 266 valence electrons. The van der Waals surface area contributed by atoms with E-state index in [0.29, 0.717) is 42.7 Å². The summed E-state index contributed by atoms with van der Waals surface area (Å²) in [6, 6.07) is 9.23. The first kappa shape index (κ1) is 38.5. The fraction of sp³-hybridized carbons (Fsp3) is 0.432. The third-order valence-corrected chi connectivity index (χ3v) is 10.4. The number of carboxylic acids is 2. The van der Waals surface area contributed by atoms with Crippen LogP contribution in [0.15, 0.2) is 40.1 Å². The van der Waals surface area contributed by atoms with Crippen LogP contribution in [0.1, 0.15) is 102 Å². The standard InChI is InChI=1S/C17H16ClNO3S.C11H13NO3.C9H12O3/c1-10-17(23-12-7-5-11(18)6-8-12)16-13(3-2-4-14(16)20)19(10)9-15(21)22;1-7-5-8-9(3-2-4-10(8)13)12(7)6-11(14)15;1-6(10)5-7-8(11)3-2-4-9(7)12/h5-8H,2-4,9H2,1H3,(H,21,22);5H,2-4,6H2,1H3,(H,14,15);7H,2-5H2,1H3. The van der Waals surface area contributed by atoms with Gasteiger partial charge in [0.05, 0.1) is 11.5 Å². The topological polar surface area (TPSA) is 170 Å². The molecule has 1 saturated carbocycles. The number of carboxylic acid groups (broad SMARTS) is 2. The molecule has 0 atom stereocenters. The van der Waals surface area contributed by atoms with Gasteiger partial charge < -0.3 is 19.3 Å². The summed E-state index contributed by atoms with van der Waals surface area (Å²) in [7, 11) is 0. The average molecular weight is 725 g/mol. The Morgan fingerprint density at radius 3 is 1.90 bits per heavy atom. The number of benzene rings is 1. The fourth-order valence-electron chi connectivity index (χ4n) is 6.58. The first-order chi connectivity index (χ1) is 23.7. The molecule has 11 nitrogen and oxygen atoms in total. The van der Waals surface area contributed by atoms with Crippen molar-refractivity contribution in [3.63, 3.8) is 0 Å². The maximum Gasteiger partial charge on any atom is 0.323 e. The monoisotopic (exact) mass is 724 g/mol. The number of rotatable bonds is 8. The van der Waals surface area contributed by atoms with Crippen molar-refractivity contribution in [2.45, 2.75) is 108 Å². The third-order valence-electron chi connectivity index (χ3n) is 8.94. The van der Waals surface area contributed by atoms with Crippen molar-refractivity contribution in [1.82, 2.24) is 9.13 Å². The smallest absolute Gasteiger partial charge is 0.323 e. The van der Waals surface area contributed by atoms with Crippen LogP contribution in [0.5, 0.6) is 0 Å². The minimum Gasteiger partial charge on any atom is -0.480 e. The van der Waals surface area contributed by atoms with E-state index in [4.69, 9.17) is 21.8 Å². The van der Waals surface area contributed by atoms with Gasteiger partial charge >= 0.3 is 11.9 Å². The van der Waals surface area contributed by atoms with E-state index in [1.165, 1.54) is 18.7 Å². The average Bonchev–Trinajstić information content (AvgIpc) is 3.50. The summed E-state index contributed by atoms with van der Waals surface area (Å²) in [5.74, 6) is -2.32. The molecule has 2 heterocycles. The van der Waals surface area contributed by atoms with Crippen molar-refractivity contribution >= 4 is 64.2 Å². The number of aryl methyl sites for hydroxylation is 1. The highest BCUT2D eigenvalue weighted by molar-refractivity contribution is 7.99. The zero-order valence-electron chi connectivity index (χ0n) is 28.4. The number of hydrogen-bond donors (Lipinski definition) is 2. The Bertz CT molecular complexity index is 1820. The molecule has 0 saturated heterocycles. The van der Waals surface area contributed by atoms with Crippen LogP contribution in [0.3, 0.4) is 0 Å². The molecular formula is C37H41ClN2O9S. The summed E-state index contributed by atoms with van der Waals surface area (Å²) in [4.78, 5) is 80.7. The molecule has 13 heteroatoms. The number of halogens is 1. The second-order valence-electron chi connectivity index (χ2n) is 12.7. The molecule has 0 aliphatic heterocycles. The zero-order valence-corrected chi connectivity index (χ0v) is 30.0. The van der Waals surface area contributed by atoms with Crippen molar-refractivity contribution in [3.8, 4) is 0 Å². The van der Waals surface area contributed by atoms with Crippen LogP contribution in [-0.4, -0.2) is 60.2 Å². The van der Waals surface area contributed by atoms with Crippen molar-refractivity contribution in [2.75, 3.05) is 0 Å². The molecule has 50 heavy (non-hydrogen) atoms. The van der Waals surface area contributed by atoms with Gasteiger partial charge in [-0.3, -0.25) is 33.6 Å². The SMILES string of the molecule is CC(=O)CC1C(=O)CCCC1=O.Cc1c(Sc2ccc(Cl)cc2)c2c(n1CC(=O)O)CCCC2=O.Cc1cc2c(n1CC(=O)O)CCCC2=O. The number of carbonyl (C=O) groups excluding carboxylic acids is 5. The van der Waals surface area contributed by atoms with Gasteiger partial charge in [0.1, 0.15) is 30.4 Å². The van der Waals surface area contributed by atoms with Crippen molar-refractivity contribution in [1.29, 1.82) is 0 Å². The Morgan fingerprint density at radius 2 is 1.32 bits per heavy atom. The first-order valence-electron chi connectivity index (χ1n) is 16.6. The maximum absolute atomic E-state index is 12.4. The molecule has 2 N–H and O–H groups in total. The number of Topliss-reactive ketones (excluding diaryl/α,β-unsaturated/α-hetero) is 5. The van der Waals surface area contributed by atoms with Crippen LogP contribution in [0.2, 0.25) is 5.02 Å². The van der Waals surface area contributed by atoms with E-state index in [-0.39, 0.29) is 48.4 Å². The Hall–Kier alpha value is -4.29. The lowest BCUT2D eigenvalue weighted by molar-refractivity contribution is -0.139. The Kier molecular flexibility index (Phi) is 13.2. The van der Waals surface area contributed by atoms with Crippen LogP contribution >= 0.6 is 23.4 Å². The lowest BCUT2D eigenvalue weighted by atomic mass is 9.84. The van der Waals surface area contributed by atoms with Gasteiger partial charge in [-0.1, -0.05) is 23.4 Å². The van der Waals surface area contributed by atoms with Crippen LogP contribution in [0.4, 0.5) is 0 Å². The normalized spacial score (nSPS) is 15.7. The number of aliphatic carboxylic acids is 2. The predicted octanol–water partition coefficient (Wildman–Crippen LogP) is 6.51. The summed E-state index contributed by atoms with van der Waals surface area (Å²) in [5, 5.41) is 18.6. The molecule has 6 rings (SSSR count). The highest BCUT2D eigenvalue weighted by atomic mass is 35.5.